The first-order valence-electron chi connectivity index (χ1n) is 10.4. The smallest absolute Gasteiger partial charge is 0.281 e. The highest BCUT2D eigenvalue weighted by Crippen LogP contribution is 2.34. The minimum absolute atomic E-state index is 0.344. The van der Waals surface area contributed by atoms with Crippen molar-refractivity contribution in [1.29, 1.82) is 0 Å². The summed E-state index contributed by atoms with van der Waals surface area (Å²) in [6.45, 7) is 1.73. The van der Waals surface area contributed by atoms with Crippen molar-refractivity contribution in [1.82, 2.24) is 28.0 Å². The molecule has 0 spiro atoms. The molecule has 4 aromatic rings. The van der Waals surface area contributed by atoms with Crippen LogP contribution in [0.5, 0.6) is 5.75 Å². The second-order valence-electron chi connectivity index (χ2n) is 7.52. The quantitative estimate of drug-likeness (QED) is 0.429. The number of benzene rings is 1. The van der Waals surface area contributed by atoms with Gasteiger partial charge in [0.25, 0.3) is 10.2 Å². The van der Waals surface area contributed by atoms with Crippen molar-refractivity contribution < 1.29 is 13.2 Å². The number of imidazole rings is 1. The number of nitrogens with zero attached hydrogens (tertiary/aromatic N) is 6. The van der Waals surface area contributed by atoms with Gasteiger partial charge >= 0.3 is 0 Å². The average molecular weight is 486 g/mol. The van der Waals surface area contributed by atoms with E-state index < -0.39 is 10.2 Å². The van der Waals surface area contributed by atoms with Crippen molar-refractivity contribution in [3.63, 3.8) is 0 Å². The summed E-state index contributed by atoms with van der Waals surface area (Å²) in [6, 6.07) is 9.61. The molecule has 3 aromatic heterocycles. The molecule has 0 bridgehead atoms. The topological polar surface area (TPSA) is 105 Å². The zero-order valence-corrected chi connectivity index (χ0v) is 19.8. The molecule has 0 saturated carbocycles. The highest BCUT2D eigenvalue weighted by molar-refractivity contribution is 7.87. The van der Waals surface area contributed by atoms with E-state index in [2.05, 4.69) is 10.3 Å². The molecule has 0 unspecified atom stereocenters. The monoisotopic (exact) mass is 485 g/mol. The molecule has 1 aromatic carbocycles. The Morgan fingerprint density at radius 2 is 2.09 bits per heavy atom. The van der Waals surface area contributed by atoms with Crippen LogP contribution in [0.1, 0.15) is 0 Å². The lowest BCUT2D eigenvalue weighted by Crippen LogP contribution is -2.34. The third-order valence-corrected chi connectivity index (χ3v) is 8.28. The first kappa shape index (κ1) is 21.8. The number of anilines is 1. The summed E-state index contributed by atoms with van der Waals surface area (Å²) in [6.07, 6.45) is 3.65. The molecule has 0 aliphatic carbocycles. The molecule has 12 heteroatoms. The van der Waals surface area contributed by atoms with Gasteiger partial charge in [0, 0.05) is 56.6 Å². The first-order valence-corrected chi connectivity index (χ1v) is 12.6. The molecule has 5 rings (SSSR count). The van der Waals surface area contributed by atoms with Crippen LogP contribution in [0, 0.1) is 0 Å². The molecule has 0 radical (unpaired) electrons. The minimum atomic E-state index is -3.36. The summed E-state index contributed by atoms with van der Waals surface area (Å²) in [7, 11) is -0.131. The summed E-state index contributed by atoms with van der Waals surface area (Å²) < 4.78 is 34.7. The van der Waals surface area contributed by atoms with Gasteiger partial charge in [-0.3, -0.25) is 4.40 Å². The highest BCUT2D eigenvalue weighted by atomic mass is 32.2. The number of ether oxygens (including phenoxy) is 1. The average Bonchev–Trinajstić information content (AvgIpc) is 3.48. The molecular weight excluding hydrogens is 462 g/mol. The Balaban J connectivity index is 1.43. The van der Waals surface area contributed by atoms with Gasteiger partial charge in [-0.1, -0.05) is 12.1 Å². The number of likely N-dealkylation sites (N-methyl/N-ethyl adjacent to an activating group) is 1. The van der Waals surface area contributed by atoms with Crippen LogP contribution < -0.4 is 10.1 Å². The second kappa shape index (κ2) is 8.71. The second-order valence-corrected chi connectivity index (χ2v) is 10.4. The molecule has 0 amide bonds. The Labute approximate surface area is 195 Å². The Morgan fingerprint density at radius 3 is 2.88 bits per heavy atom. The van der Waals surface area contributed by atoms with Crippen molar-refractivity contribution in [3.05, 3.63) is 48.1 Å². The third-order valence-electron chi connectivity index (χ3n) is 5.53. The Morgan fingerprint density at radius 1 is 1.21 bits per heavy atom. The Hall–Kier alpha value is -3.06. The summed E-state index contributed by atoms with van der Waals surface area (Å²) in [5.74, 6) is 1.18. The molecule has 1 N–H and O–H groups in total. The lowest BCUT2D eigenvalue weighted by atomic mass is 10.1. The van der Waals surface area contributed by atoms with E-state index in [1.165, 1.54) is 8.61 Å². The van der Waals surface area contributed by atoms with Gasteiger partial charge in [-0.05, 0) is 18.2 Å². The summed E-state index contributed by atoms with van der Waals surface area (Å²) in [5, 5.41) is 5.13. The van der Waals surface area contributed by atoms with Gasteiger partial charge in [-0.25, -0.2) is 15.0 Å². The SMILES string of the molecule is COc1cccc(-c2nc3sccn3c2-c2ccnc(NCCN3CCN(C)S3(=O)=O)n2)c1. The molecule has 1 aliphatic rings. The highest BCUT2D eigenvalue weighted by Gasteiger charge is 2.33. The fourth-order valence-electron chi connectivity index (χ4n) is 3.78. The van der Waals surface area contributed by atoms with Crippen molar-refractivity contribution in [2.75, 3.05) is 45.7 Å². The number of hydrogen-bond donors (Lipinski definition) is 1. The lowest BCUT2D eigenvalue weighted by Gasteiger charge is -2.16. The number of aromatic nitrogens is 4. The zero-order valence-electron chi connectivity index (χ0n) is 18.2. The van der Waals surface area contributed by atoms with Crippen molar-refractivity contribution in [3.8, 4) is 28.4 Å². The number of hydrogen-bond acceptors (Lipinski definition) is 8. The molecule has 10 nitrogen and oxygen atoms in total. The van der Waals surface area contributed by atoms with E-state index in [0.29, 0.717) is 37.8 Å². The van der Waals surface area contributed by atoms with Gasteiger partial charge in [0.05, 0.1) is 18.5 Å². The number of methoxy groups -OCH3 is 1. The Kier molecular flexibility index (Phi) is 5.74. The van der Waals surface area contributed by atoms with Gasteiger partial charge in [-0.15, -0.1) is 11.3 Å². The van der Waals surface area contributed by atoms with E-state index in [9.17, 15) is 8.42 Å². The number of nitrogens with one attached hydrogen (secondary N) is 1. The summed E-state index contributed by atoms with van der Waals surface area (Å²) in [5.41, 5.74) is 3.30. The molecule has 1 saturated heterocycles. The molecular formula is C21H23N7O3S2. The molecule has 4 heterocycles. The maximum atomic E-state index is 12.2. The largest absolute Gasteiger partial charge is 0.497 e. The normalized spacial score (nSPS) is 16.4. The minimum Gasteiger partial charge on any atom is -0.497 e. The molecule has 172 valence electrons. The van der Waals surface area contributed by atoms with Crippen LogP contribution in [0.4, 0.5) is 5.95 Å². The van der Waals surface area contributed by atoms with E-state index in [1.807, 2.05) is 46.3 Å². The fourth-order valence-corrected chi connectivity index (χ4v) is 5.83. The van der Waals surface area contributed by atoms with Gasteiger partial charge in [0.1, 0.15) is 11.4 Å². The van der Waals surface area contributed by atoms with Crippen LogP contribution in [-0.4, -0.2) is 76.7 Å². The summed E-state index contributed by atoms with van der Waals surface area (Å²) >= 11 is 1.55. The molecule has 1 fully saturated rings. The summed E-state index contributed by atoms with van der Waals surface area (Å²) in [4.78, 5) is 14.7. The number of rotatable bonds is 7. The maximum absolute atomic E-state index is 12.2. The molecule has 33 heavy (non-hydrogen) atoms. The maximum Gasteiger partial charge on any atom is 0.281 e. The molecule has 0 atom stereocenters. The van der Waals surface area contributed by atoms with Gasteiger partial charge in [0.15, 0.2) is 4.96 Å². The molecule has 1 aliphatic heterocycles. The van der Waals surface area contributed by atoms with Crippen molar-refractivity contribution in [2.24, 2.45) is 0 Å². The number of thiazole rings is 1. The standard InChI is InChI=1S/C21H23N7O3S2/c1-26-10-11-27(33(26,29)30)9-8-23-20-22-7-6-17(24-20)19-18(25-21-28(19)12-13-32-21)15-4-3-5-16(14-15)31-2/h3-7,12-14H,8-11H2,1-2H3,(H,22,23,24). The third kappa shape index (κ3) is 4.06. The van der Waals surface area contributed by atoms with Crippen molar-refractivity contribution in [2.45, 2.75) is 0 Å². The van der Waals surface area contributed by atoms with Crippen LogP contribution in [-0.2, 0) is 10.2 Å². The van der Waals surface area contributed by atoms with Crippen LogP contribution in [0.15, 0.2) is 48.1 Å². The van der Waals surface area contributed by atoms with Gasteiger partial charge in [-0.2, -0.15) is 17.0 Å². The Bertz CT molecular complexity index is 1400. The van der Waals surface area contributed by atoms with Gasteiger partial charge in [0.2, 0.25) is 5.95 Å². The predicted molar refractivity (Wildman–Crippen MR) is 128 cm³/mol. The van der Waals surface area contributed by atoms with Crippen LogP contribution >= 0.6 is 11.3 Å². The number of fused-ring (bicyclic) bond motifs is 1. The van der Waals surface area contributed by atoms with E-state index in [-0.39, 0.29) is 0 Å². The zero-order chi connectivity index (χ0) is 23.0. The van der Waals surface area contributed by atoms with E-state index >= 15 is 0 Å². The van der Waals surface area contributed by atoms with Crippen molar-refractivity contribution >= 4 is 32.5 Å². The van der Waals surface area contributed by atoms with Crippen LogP contribution in [0.2, 0.25) is 0 Å². The van der Waals surface area contributed by atoms with E-state index in [1.54, 1.807) is 31.7 Å². The van der Waals surface area contributed by atoms with Crippen LogP contribution in [0.25, 0.3) is 27.6 Å². The van der Waals surface area contributed by atoms with E-state index in [4.69, 9.17) is 14.7 Å². The van der Waals surface area contributed by atoms with Crippen LogP contribution in [0.3, 0.4) is 0 Å². The first-order chi connectivity index (χ1) is 16.0. The lowest BCUT2D eigenvalue weighted by molar-refractivity contribution is 0.415. The van der Waals surface area contributed by atoms with Gasteiger partial charge < -0.3 is 10.1 Å². The van der Waals surface area contributed by atoms with E-state index in [0.717, 1.165) is 27.7 Å². The predicted octanol–water partition coefficient (Wildman–Crippen LogP) is 2.43. The fraction of sp³-hybridized carbons (Fsp3) is 0.286.